The van der Waals surface area contributed by atoms with Crippen LogP contribution >= 0.6 is 11.6 Å². The Kier molecular flexibility index (Phi) is 8.65. The van der Waals surface area contributed by atoms with Crippen LogP contribution < -0.4 is 4.74 Å². The van der Waals surface area contributed by atoms with E-state index in [1.807, 2.05) is 18.2 Å². The molecule has 0 atom stereocenters. The van der Waals surface area contributed by atoms with Crippen molar-refractivity contribution >= 4 is 11.6 Å². The summed E-state index contributed by atoms with van der Waals surface area (Å²) in [5.41, 5.74) is 0. The van der Waals surface area contributed by atoms with Crippen LogP contribution in [0.2, 0.25) is 5.02 Å². The molecule has 0 aliphatic rings. The minimum Gasteiger partial charge on any atom is -0.490 e. The Morgan fingerprint density at radius 1 is 0.944 bits per heavy atom. The van der Waals surface area contributed by atoms with Crippen molar-refractivity contribution in [1.82, 2.24) is 0 Å². The van der Waals surface area contributed by atoms with Gasteiger partial charge in [-0.25, -0.2) is 0 Å². The van der Waals surface area contributed by atoms with Crippen LogP contribution in [0.25, 0.3) is 0 Å². The van der Waals surface area contributed by atoms with Crippen molar-refractivity contribution in [2.75, 3.05) is 33.0 Å². The highest BCUT2D eigenvalue weighted by atomic mass is 35.5. The molecule has 1 aromatic rings. The number of ether oxygens (including phenoxy) is 3. The average molecular weight is 273 g/mol. The van der Waals surface area contributed by atoms with E-state index in [1.165, 1.54) is 0 Å². The zero-order valence-electron chi connectivity index (χ0n) is 10.9. The van der Waals surface area contributed by atoms with E-state index in [1.54, 1.807) is 6.07 Å². The summed E-state index contributed by atoms with van der Waals surface area (Å²) in [7, 11) is 0. The summed E-state index contributed by atoms with van der Waals surface area (Å²) in [6.45, 7) is 5.25. The molecule has 1 aromatic carbocycles. The Morgan fingerprint density at radius 2 is 1.61 bits per heavy atom. The van der Waals surface area contributed by atoms with E-state index in [-0.39, 0.29) is 0 Å². The molecule has 0 fully saturated rings. The number of para-hydroxylation sites is 1. The molecule has 0 spiro atoms. The van der Waals surface area contributed by atoms with Gasteiger partial charge in [0.1, 0.15) is 12.4 Å². The molecule has 102 valence electrons. The first-order valence-corrected chi connectivity index (χ1v) is 6.75. The first kappa shape index (κ1) is 15.3. The van der Waals surface area contributed by atoms with E-state index >= 15 is 0 Å². The summed E-state index contributed by atoms with van der Waals surface area (Å²) in [6.07, 6.45) is 2.27. The summed E-state index contributed by atoms with van der Waals surface area (Å²) in [6, 6.07) is 7.42. The van der Waals surface area contributed by atoms with E-state index in [9.17, 15) is 0 Å². The maximum Gasteiger partial charge on any atom is 0.138 e. The van der Waals surface area contributed by atoms with Crippen LogP contribution in [-0.2, 0) is 9.47 Å². The van der Waals surface area contributed by atoms with Crippen LogP contribution in [0.4, 0.5) is 0 Å². The summed E-state index contributed by atoms with van der Waals surface area (Å²) in [5.74, 6) is 0.696. The Morgan fingerprint density at radius 3 is 2.33 bits per heavy atom. The quantitative estimate of drug-likeness (QED) is 0.610. The third-order valence-corrected chi connectivity index (χ3v) is 2.65. The fourth-order valence-corrected chi connectivity index (χ4v) is 1.53. The van der Waals surface area contributed by atoms with Crippen LogP contribution in [0.1, 0.15) is 19.8 Å². The van der Waals surface area contributed by atoms with Crippen molar-refractivity contribution in [3.63, 3.8) is 0 Å². The van der Waals surface area contributed by atoms with Gasteiger partial charge in [0.05, 0.1) is 24.8 Å². The average Bonchev–Trinajstić information content (AvgIpc) is 2.39. The summed E-state index contributed by atoms with van der Waals surface area (Å²) in [5, 5.41) is 0.625. The minimum absolute atomic E-state index is 0.499. The molecule has 0 N–H and O–H groups in total. The number of hydrogen-bond acceptors (Lipinski definition) is 3. The number of benzene rings is 1. The molecule has 0 aliphatic carbocycles. The summed E-state index contributed by atoms with van der Waals surface area (Å²) in [4.78, 5) is 0. The maximum absolute atomic E-state index is 5.95. The van der Waals surface area contributed by atoms with Gasteiger partial charge in [0.2, 0.25) is 0 Å². The van der Waals surface area contributed by atoms with Gasteiger partial charge in [-0.15, -0.1) is 0 Å². The van der Waals surface area contributed by atoms with E-state index in [0.29, 0.717) is 37.2 Å². The molecule has 0 bridgehead atoms. The Balaban J connectivity index is 1.94. The lowest BCUT2D eigenvalue weighted by molar-refractivity contribution is 0.0356. The highest BCUT2D eigenvalue weighted by Gasteiger charge is 1.98. The largest absolute Gasteiger partial charge is 0.490 e. The standard InChI is InChI=1S/C14H21ClO3/c1-2-3-8-16-9-10-17-11-12-18-14-7-5-4-6-13(14)15/h4-7H,2-3,8-12H2,1H3. The molecule has 4 heteroatoms. The van der Waals surface area contributed by atoms with Crippen molar-refractivity contribution < 1.29 is 14.2 Å². The smallest absolute Gasteiger partial charge is 0.138 e. The van der Waals surface area contributed by atoms with Gasteiger partial charge in [-0.1, -0.05) is 37.1 Å². The predicted octanol–water partition coefficient (Wildman–Crippen LogP) is 3.55. The molecule has 0 saturated heterocycles. The summed E-state index contributed by atoms with van der Waals surface area (Å²) < 4.78 is 16.2. The van der Waals surface area contributed by atoms with Crippen molar-refractivity contribution in [3.8, 4) is 5.75 Å². The molecule has 18 heavy (non-hydrogen) atoms. The normalized spacial score (nSPS) is 10.6. The fraction of sp³-hybridized carbons (Fsp3) is 0.571. The lowest BCUT2D eigenvalue weighted by Gasteiger charge is -2.08. The van der Waals surface area contributed by atoms with E-state index in [0.717, 1.165) is 19.4 Å². The maximum atomic E-state index is 5.95. The molecule has 0 unspecified atom stereocenters. The molecule has 0 amide bonds. The van der Waals surface area contributed by atoms with Gasteiger partial charge in [0.25, 0.3) is 0 Å². The molecule has 3 nitrogen and oxygen atoms in total. The molecule has 0 aliphatic heterocycles. The van der Waals surface area contributed by atoms with E-state index in [4.69, 9.17) is 25.8 Å². The Labute approximate surface area is 114 Å². The van der Waals surface area contributed by atoms with Gasteiger partial charge in [-0.2, -0.15) is 0 Å². The monoisotopic (exact) mass is 272 g/mol. The van der Waals surface area contributed by atoms with E-state index < -0.39 is 0 Å². The topological polar surface area (TPSA) is 27.7 Å². The molecule has 0 radical (unpaired) electrons. The van der Waals surface area contributed by atoms with Gasteiger partial charge in [0.15, 0.2) is 0 Å². The lowest BCUT2D eigenvalue weighted by atomic mass is 10.3. The minimum atomic E-state index is 0.499. The highest BCUT2D eigenvalue weighted by Crippen LogP contribution is 2.22. The van der Waals surface area contributed by atoms with Crippen LogP contribution in [0, 0.1) is 0 Å². The van der Waals surface area contributed by atoms with Crippen LogP contribution in [-0.4, -0.2) is 33.0 Å². The zero-order chi connectivity index (χ0) is 13.1. The number of hydrogen-bond donors (Lipinski definition) is 0. The van der Waals surface area contributed by atoms with Crippen LogP contribution in [0.5, 0.6) is 5.75 Å². The molecule has 0 heterocycles. The summed E-state index contributed by atoms with van der Waals surface area (Å²) >= 11 is 5.95. The van der Waals surface area contributed by atoms with Crippen molar-refractivity contribution in [1.29, 1.82) is 0 Å². The number of halogens is 1. The Bertz CT molecular complexity index is 318. The lowest BCUT2D eigenvalue weighted by Crippen LogP contribution is -2.11. The first-order valence-electron chi connectivity index (χ1n) is 6.37. The molecular formula is C14H21ClO3. The molecule has 0 saturated carbocycles. The first-order chi connectivity index (χ1) is 8.84. The third kappa shape index (κ3) is 6.84. The molecular weight excluding hydrogens is 252 g/mol. The molecule has 1 rings (SSSR count). The molecule has 0 aromatic heterocycles. The van der Waals surface area contributed by atoms with Crippen LogP contribution in [0.3, 0.4) is 0 Å². The number of unbranched alkanes of at least 4 members (excludes halogenated alkanes) is 1. The predicted molar refractivity (Wildman–Crippen MR) is 73.5 cm³/mol. The van der Waals surface area contributed by atoms with Gasteiger partial charge in [0, 0.05) is 6.61 Å². The van der Waals surface area contributed by atoms with Crippen LogP contribution in [0.15, 0.2) is 24.3 Å². The second kappa shape index (κ2) is 10.2. The third-order valence-electron chi connectivity index (χ3n) is 2.34. The SMILES string of the molecule is CCCCOCCOCCOc1ccccc1Cl. The van der Waals surface area contributed by atoms with Gasteiger partial charge >= 0.3 is 0 Å². The second-order valence-electron chi connectivity index (χ2n) is 3.86. The van der Waals surface area contributed by atoms with Gasteiger partial charge < -0.3 is 14.2 Å². The van der Waals surface area contributed by atoms with E-state index in [2.05, 4.69) is 6.92 Å². The fourth-order valence-electron chi connectivity index (χ4n) is 1.34. The van der Waals surface area contributed by atoms with Crippen molar-refractivity contribution in [2.24, 2.45) is 0 Å². The van der Waals surface area contributed by atoms with Crippen molar-refractivity contribution in [3.05, 3.63) is 29.3 Å². The van der Waals surface area contributed by atoms with Gasteiger partial charge in [-0.05, 0) is 18.6 Å². The Hall–Kier alpha value is -0.770. The number of rotatable bonds is 10. The second-order valence-corrected chi connectivity index (χ2v) is 4.26. The zero-order valence-corrected chi connectivity index (χ0v) is 11.6. The van der Waals surface area contributed by atoms with Gasteiger partial charge in [-0.3, -0.25) is 0 Å². The highest BCUT2D eigenvalue weighted by molar-refractivity contribution is 6.32. The van der Waals surface area contributed by atoms with Crippen molar-refractivity contribution in [2.45, 2.75) is 19.8 Å².